The van der Waals surface area contributed by atoms with Gasteiger partial charge >= 0.3 is 6.55 Å². The van der Waals surface area contributed by atoms with Crippen LogP contribution in [-0.4, -0.2) is 24.4 Å². The van der Waals surface area contributed by atoms with E-state index in [9.17, 15) is 8.78 Å². The van der Waals surface area contributed by atoms with Crippen molar-refractivity contribution >= 4 is 11.8 Å². The summed E-state index contributed by atoms with van der Waals surface area (Å²) in [5.41, 5.74) is 1.23. The normalized spacial score (nSPS) is 11.5. The molecule has 0 atom stereocenters. The molecule has 1 aromatic carbocycles. The first-order valence-electron chi connectivity index (χ1n) is 8.30. The quantitative estimate of drug-likeness (QED) is 0.464. The van der Waals surface area contributed by atoms with E-state index in [2.05, 4.69) is 29.0 Å². The van der Waals surface area contributed by atoms with Crippen molar-refractivity contribution in [1.29, 1.82) is 0 Å². The van der Waals surface area contributed by atoms with E-state index in [1.807, 2.05) is 24.3 Å². The first-order chi connectivity index (χ1) is 13.0. The minimum absolute atomic E-state index is 0.150. The number of rotatable bonds is 8. The Labute approximate surface area is 159 Å². The third kappa shape index (κ3) is 4.57. The fraction of sp³-hybridized carbons (Fsp3) is 0.353. The molecule has 0 radical (unpaired) electrons. The van der Waals surface area contributed by atoms with E-state index in [0.29, 0.717) is 22.6 Å². The van der Waals surface area contributed by atoms with Crippen LogP contribution in [0.5, 0.6) is 5.75 Å². The number of ether oxygens (including phenoxy) is 1. The number of nitrogens with two attached hydrogens (primary N) is 1. The number of hydrogen-bond donors (Lipinski definition) is 1. The maximum Gasteiger partial charge on any atom is 0.319 e. The Balaban J connectivity index is 1.59. The van der Waals surface area contributed by atoms with Gasteiger partial charge in [0.2, 0.25) is 5.16 Å². The maximum absolute atomic E-state index is 12.8. The van der Waals surface area contributed by atoms with Crippen LogP contribution in [0.25, 0.3) is 0 Å². The van der Waals surface area contributed by atoms with Gasteiger partial charge in [-0.2, -0.15) is 8.78 Å². The van der Waals surface area contributed by atoms with Gasteiger partial charge in [-0.05, 0) is 23.6 Å². The molecule has 0 aliphatic heterocycles. The fourth-order valence-corrected chi connectivity index (χ4v) is 3.19. The standard InChI is InChI=1S/C17H20F2N6OS/c1-11(2)12-3-5-13(6-4-12)26-9-14-22-23-17(25(14)20)27-10-15-21-7-8-24(15)16(18)19/h3-8,11,16H,9-10,20H2,1-2H3. The summed E-state index contributed by atoms with van der Waals surface area (Å²) >= 11 is 1.18. The summed E-state index contributed by atoms with van der Waals surface area (Å²) in [4.78, 5) is 3.92. The van der Waals surface area contributed by atoms with Crippen molar-refractivity contribution in [3.63, 3.8) is 0 Å². The number of nitrogens with zero attached hydrogens (tertiary/aromatic N) is 5. The lowest BCUT2D eigenvalue weighted by atomic mass is 10.0. The zero-order valence-electron chi connectivity index (χ0n) is 14.9. The molecular weight excluding hydrogens is 374 g/mol. The second kappa shape index (κ2) is 8.38. The highest BCUT2D eigenvalue weighted by atomic mass is 32.2. The molecule has 0 unspecified atom stereocenters. The molecule has 27 heavy (non-hydrogen) atoms. The van der Waals surface area contributed by atoms with Gasteiger partial charge in [0.25, 0.3) is 0 Å². The number of nitrogen functional groups attached to an aromatic ring is 1. The second-order valence-electron chi connectivity index (χ2n) is 6.10. The van der Waals surface area contributed by atoms with E-state index in [0.717, 1.165) is 4.57 Å². The lowest BCUT2D eigenvalue weighted by Crippen LogP contribution is -2.16. The summed E-state index contributed by atoms with van der Waals surface area (Å²) in [7, 11) is 0. The Bertz CT molecular complexity index is 878. The minimum atomic E-state index is -2.63. The Morgan fingerprint density at radius 2 is 1.89 bits per heavy atom. The number of hydrogen-bond acceptors (Lipinski definition) is 6. The van der Waals surface area contributed by atoms with Gasteiger partial charge in [-0.1, -0.05) is 37.7 Å². The lowest BCUT2D eigenvalue weighted by molar-refractivity contribution is 0.0678. The minimum Gasteiger partial charge on any atom is -0.486 e. The van der Waals surface area contributed by atoms with Gasteiger partial charge in [-0.25, -0.2) is 9.66 Å². The summed E-state index contributed by atoms with van der Waals surface area (Å²) in [6.07, 6.45) is 2.57. The molecule has 0 fully saturated rings. The van der Waals surface area contributed by atoms with Crippen molar-refractivity contribution in [2.45, 2.75) is 43.8 Å². The van der Waals surface area contributed by atoms with Crippen molar-refractivity contribution < 1.29 is 13.5 Å². The molecule has 0 aliphatic rings. The van der Waals surface area contributed by atoms with E-state index in [1.165, 1.54) is 34.4 Å². The van der Waals surface area contributed by atoms with Crippen LogP contribution in [0.4, 0.5) is 8.78 Å². The third-order valence-corrected chi connectivity index (χ3v) is 4.88. The molecule has 2 aromatic heterocycles. The van der Waals surface area contributed by atoms with Gasteiger partial charge in [-0.3, -0.25) is 4.57 Å². The predicted molar refractivity (Wildman–Crippen MR) is 98.1 cm³/mol. The number of benzene rings is 1. The molecular formula is C17H20F2N6OS. The zero-order chi connectivity index (χ0) is 19.4. The van der Waals surface area contributed by atoms with Crippen molar-refractivity contribution in [3.8, 4) is 5.75 Å². The van der Waals surface area contributed by atoms with Gasteiger partial charge in [0, 0.05) is 12.4 Å². The summed E-state index contributed by atoms with van der Waals surface area (Å²) in [5.74, 6) is 8.01. The Kier molecular flexibility index (Phi) is 5.94. The Hall–Kier alpha value is -2.62. The Morgan fingerprint density at radius 3 is 2.56 bits per heavy atom. The van der Waals surface area contributed by atoms with Gasteiger partial charge in [0.15, 0.2) is 5.82 Å². The molecule has 3 rings (SSSR count). The number of alkyl halides is 2. The highest BCUT2D eigenvalue weighted by Gasteiger charge is 2.15. The average Bonchev–Trinajstić information content (AvgIpc) is 3.25. The van der Waals surface area contributed by atoms with Crippen LogP contribution in [0.15, 0.2) is 41.8 Å². The highest BCUT2D eigenvalue weighted by molar-refractivity contribution is 7.98. The average molecular weight is 394 g/mol. The molecule has 3 aromatic rings. The van der Waals surface area contributed by atoms with Crippen LogP contribution >= 0.6 is 11.8 Å². The molecule has 0 spiro atoms. The molecule has 0 aliphatic carbocycles. The predicted octanol–water partition coefficient (Wildman–Crippen LogP) is 3.58. The van der Waals surface area contributed by atoms with Crippen molar-refractivity contribution in [2.24, 2.45) is 0 Å². The Morgan fingerprint density at radius 1 is 1.15 bits per heavy atom. The van der Waals surface area contributed by atoms with Crippen LogP contribution in [0, 0.1) is 0 Å². The zero-order valence-corrected chi connectivity index (χ0v) is 15.7. The summed E-state index contributed by atoms with van der Waals surface area (Å²) in [5, 5.41) is 8.38. The molecule has 144 valence electrons. The smallest absolute Gasteiger partial charge is 0.319 e. The van der Waals surface area contributed by atoms with Crippen LogP contribution in [0.3, 0.4) is 0 Å². The van der Waals surface area contributed by atoms with E-state index in [1.54, 1.807) is 0 Å². The van der Waals surface area contributed by atoms with Crippen molar-refractivity contribution in [2.75, 3.05) is 5.84 Å². The summed E-state index contributed by atoms with van der Waals surface area (Å²) in [6, 6.07) is 7.82. The van der Waals surface area contributed by atoms with E-state index in [4.69, 9.17) is 10.6 Å². The molecule has 10 heteroatoms. The molecule has 0 saturated heterocycles. The second-order valence-corrected chi connectivity index (χ2v) is 7.04. The first kappa shape index (κ1) is 19.2. The number of imidazole rings is 1. The molecule has 0 amide bonds. The van der Waals surface area contributed by atoms with Crippen molar-refractivity contribution in [1.82, 2.24) is 24.4 Å². The molecule has 0 saturated carbocycles. The molecule has 0 bridgehead atoms. The monoisotopic (exact) mass is 394 g/mol. The van der Waals surface area contributed by atoms with Crippen LogP contribution < -0.4 is 10.6 Å². The molecule has 7 nitrogen and oxygen atoms in total. The fourth-order valence-electron chi connectivity index (χ4n) is 2.36. The molecule has 2 N–H and O–H groups in total. The van der Waals surface area contributed by atoms with Gasteiger partial charge in [-0.15, -0.1) is 10.2 Å². The first-order valence-corrected chi connectivity index (χ1v) is 9.29. The lowest BCUT2D eigenvalue weighted by Gasteiger charge is -2.09. The third-order valence-electron chi connectivity index (χ3n) is 3.94. The summed E-state index contributed by atoms with van der Waals surface area (Å²) in [6.45, 7) is 1.76. The van der Waals surface area contributed by atoms with Crippen molar-refractivity contribution in [3.05, 3.63) is 53.9 Å². The molecule has 2 heterocycles. The number of thioether (sulfide) groups is 1. The van der Waals surface area contributed by atoms with E-state index < -0.39 is 6.55 Å². The largest absolute Gasteiger partial charge is 0.486 e. The maximum atomic E-state index is 12.8. The SMILES string of the molecule is CC(C)c1ccc(OCc2nnc(SCc3nccn3C(F)F)n2N)cc1. The number of aromatic nitrogens is 5. The van der Waals surface area contributed by atoms with Crippen LogP contribution in [-0.2, 0) is 12.4 Å². The van der Waals surface area contributed by atoms with E-state index >= 15 is 0 Å². The van der Waals surface area contributed by atoms with Gasteiger partial charge in [0.1, 0.15) is 18.2 Å². The number of halogens is 2. The highest BCUT2D eigenvalue weighted by Crippen LogP contribution is 2.23. The van der Waals surface area contributed by atoms with Crippen LogP contribution in [0.2, 0.25) is 0 Å². The topological polar surface area (TPSA) is 83.8 Å². The summed E-state index contributed by atoms with van der Waals surface area (Å²) < 4.78 is 33.5. The van der Waals surface area contributed by atoms with Gasteiger partial charge < -0.3 is 10.6 Å². The van der Waals surface area contributed by atoms with Gasteiger partial charge in [0.05, 0.1) is 5.75 Å². The van der Waals surface area contributed by atoms with Crippen LogP contribution in [0.1, 0.15) is 43.5 Å². The van der Waals surface area contributed by atoms with E-state index in [-0.39, 0.29) is 18.2 Å².